The molecule has 0 amide bonds. The second-order valence-corrected chi connectivity index (χ2v) is 7.99. The lowest BCUT2D eigenvalue weighted by Crippen LogP contribution is -2.48. The highest BCUT2D eigenvalue weighted by Gasteiger charge is 2.20. The normalized spacial score (nSPS) is 17.1. The first kappa shape index (κ1) is 26.1. The number of aliphatic imine (C=N–C) groups is 1. The van der Waals surface area contributed by atoms with Crippen molar-refractivity contribution in [2.45, 2.75) is 52.3 Å². The summed E-state index contributed by atoms with van der Waals surface area (Å²) in [6.45, 7) is 11.6. The Hall–Kier alpha value is -0.900. The van der Waals surface area contributed by atoms with Gasteiger partial charge in [-0.15, -0.1) is 24.0 Å². The molecule has 2 rings (SSSR count). The van der Waals surface area contributed by atoms with E-state index in [0.29, 0.717) is 31.7 Å². The third-order valence-corrected chi connectivity index (χ3v) is 4.74. The number of piperidine rings is 1. The average molecular weight is 518 g/mol. The molecule has 3 N–H and O–H groups in total. The molecule has 1 aromatic carbocycles. The summed E-state index contributed by atoms with van der Waals surface area (Å²) in [7, 11) is 0. The van der Waals surface area contributed by atoms with Crippen molar-refractivity contribution in [1.29, 1.82) is 0 Å². The van der Waals surface area contributed by atoms with E-state index in [1.807, 2.05) is 0 Å². The highest BCUT2D eigenvalue weighted by atomic mass is 127. The molecule has 1 atom stereocenters. The predicted octanol–water partition coefficient (Wildman–Crippen LogP) is 2.86. The van der Waals surface area contributed by atoms with Gasteiger partial charge in [0.25, 0.3) is 0 Å². The van der Waals surface area contributed by atoms with Crippen LogP contribution in [0, 0.1) is 5.92 Å². The maximum Gasteiger partial charge on any atom is 0.191 e. The number of benzene rings is 1. The Morgan fingerprint density at radius 1 is 1.21 bits per heavy atom. The van der Waals surface area contributed by atoms with Gasteiger partial charge in [-0.3, -0.25) is 9.89 Å². The Labute approximate surface area is 193 Å². The average Bonchev–Trinajstić information content (AvgIpc) is 2.68. The first-order chi connectivity index (χ1) is 13.6. The molecule has 29 heavy (non-hydrogen) atoms. The van der Waals surface area contributed by atoms with Crippen molar-refractivity contribution in [2.24, 2.45) is 10.9 Å². The fourth-order valence-corrected chi connectivity index (χ4v) is 3.28. The molecule has 0 radical (unpaired) electrons. The number of halogens is 1. The number of ether oxygens (including phenoxy) is 1. The third kappa shape index (κ3) is 11.2. The fourth-order valence-electron chi connectivity index (χ4n) is 3.28. The fraction of sp³-hybridized carbons (Fsp3) is 0.682. The zero-order valence-electron chi connectivity index (χ0n) is 18.1. The molecule has 1 heterocycles. The summed E-state index contributed by atoms with van der Waals surface area (Å²) in [5, 5.41) is 16.9. The highest BCUT2D eigenvalue weighted by Crippen LogP contribution is 2.13. The van der Waals surface area contributed by atoms with Crippen molar-refractivity contribution < 1.29 is 9.84 Å². The van der Waals surface area contributed by atoms with E-state index in [2.05, 4.69) is 71.6 Å². The van der Waals surface area contributed by atoms with Gasteiger partial charge >= 0.3 is 0 Å². The minimum Gasteiger partial charge on any atom is -0.389 e. The van der Waals surface area contributed by atoms with E-state index in [0.717, 1.165) is 45.0 Å². The molecular formula is C22H39IN4O2. The van der Waals surface area contributed by atoms with E-state index < -0.39 is 6.10 Å². The second-order valence-electron chi connectivity index (χ2n) is 7.99. The van der Waals surface area contributed by atoms with Crippen molar-refractivity contribution >= 4 is 29.9 Å². The molecule has 6 nitrogen and oxygen atoms in total. The summed E-state index contributed by atoms with van der Waals surface area (Å²) in [6, 6.07) is 11.1. The number of aliphatic hydroxyl groups is 1. The summed E-state index contributed by atoms with van der Waals surface area (Å²) < 4.78 is 5.49. The number of aliphatic hydroxyl groups excluding tert-OH is 1. The van der Waals surface area contributed by atoms with Gasteiger partial charge < -0.3 is 20.5 Å². The molecule has 0 bridgehead atoms. The van der Waals surface area contributed by atoms with Crippen LogP contribution in [0.3, 0.4) is 0 Å². The Bertz CT molecular complexity index is 563. The standard InChI is InChI=1S/C22H38N4O2.HI/c1-4-23-22(24-14-21(27)17-28-16-18(2)3)25-20-10-12-26(13-11-20)15-19-8-6-5-7-9-19;/h5-9,18,20-21,27H,4,10-17H2,1-3H3,(H2,23,24,25);1H. The summed E-state index contributed by atoms with van der Waals surface area (Å²) in [5.41, 5.74) is 1.37. The number of guanidine groups is 1. The van der Waals surface area contributed by atoms with Crippen LogP contribution in [0.1, 0.15) is 39.2 Å². The minimum atomic E-state index is -0.568. The van der Waals surface area contributed by atoms with Crippen LogP contribution in [0.2, 0.25) is 0 Å². The second kappa shape index (κ2) is 15.0. The maximum atomic E-state index is 10.1. The Morgan fingerprint density at radius 2 is 1.90 bits per heavy atom. The molecule has 1 saturated heterocycles. The van der Waals surface area contributed by atoms with Gasteiger partial charge in [-0.2, -0.15) is 0 Å². The van der Waals surface area contributed by atoms with Crippen LogP contribution < -0.4 is 10.6 Å². The molecule has 7 heteroatoms. The quantitative estimate of drug-likeness (QED) is 0.253. The molecule has 1 aliphatic heterocycles. The van der Waals surface area contributed by atoms with Gasteiger partial charge in [-0.1, -0.05) is 44.2 Å². The summed E-state index contributed by atoms with van der Waals surface area (Å²) in [5.74, 6) is 1.26. The lowest BCUT2D eigenvalue weighted by atomic mass is 10.0. The van der Waals surface area contributed by atoms with Crippen LogP contribution >= 0.6 is 24.0 Å². The zero-order valence-corrected chi connectivity index (χ0v) is 20.5. The highest BCUT2D eigenvalue weighted by molar-refractivity contribution is 14.0. The molecule has 0 aliphatic carbocycles. The molecule has 0 saturated carbocycles. The third-order valence-electron chi connectivity index (χ3n) is 4.74. The summed E-state index contributed by atoms with van der Waals surface area (Å²) >= 11 is 0. The molecule has 166 valence electrons. The van der Waals surface area contributed by atoms with E-state index in [9.17, 15) is 5.11 Å². The van der Waals surface area contributed by atoms with Crippen molar-refractivity contribution in [3.05, 3.63) is 35.9 Å². The van der Waals surface area contributed by atoms with Gasteiger partial charge in [0, 0.05) is 38.8 Å². The van der Waals surface area contributed by atoms with Gasteiger partial charge in [0.2, 0.25) is 0 Å². The first-order valence-electron chi connectivity index (χ1n) is 10.6. The van der Waals surface area contributed by atoms with Crippen molar-refractivity contribution in [1.82, 2.24) is 15.5 Å². The number of likely N-dealkylation sites (tertiary alicyclic amines) is 1. The van der Waals surface area contributed by atoms with Crippen molar-refractivity contribution in [2.75, 3.05) is 39.4 Å². The van der Waals surface area contributed by atoms with Gasteiger partial charge in [0.05, 0.1) is 19.3 Å². The monoisotopic (exact) mass is 518 g/mol. The van der Waals surface area contributed by atoms with Crippen LogP contribution in [0.25, 0.3) is 0 Å². The van der Waals surface area contributed by atoms with Crippen molar-refractivity contribution in [3.63, 3.8) is 0 Å². The number of nitrogens with zero attached hydrogens (tertiary/aromatic N) is 2. The number of hydrogen-bond donors (Lipinski definition) is 3. The van der Waals surface area contributed by atoms with Gasteiger partial charge in [-0.25, -0.2) is 0 Å². The van der Waals surface area contributed by atoms with E-state index in [4.69, 9.17) is 4.74 Å². The van der Waals surface area contributed by atoms with Gasteiger partial charge in [0.1, 0.15) is 0 Å². The lowest BCUT2D eigenvalue weighted by Gasteiger charge is -2.33. The van der Waals surface area contributed by atoms with Crippen LogP contribution in [-0.4, -0.2) is 67.5 Å². The number of hydrogen-bond acceptors (Lipinski definition) is 4. The van der Waals surface area contributed by atoms with Crippen molar-refractivity contribution in [3.8, 4) is 0 Å². The van der Waals surface area contributed by atoms with Crippen LogP contribution in [-0.2, 0) is 11.3 Å². The summed E-state index contributed by atoms with van der Waals surface area (Å²) in [6.07, 6.45) is 1.62. The first-order valence-corrected chi connectivity index (χ1v) is 10.6. The van der Waals surface area contributed by atoms with Gasteiger partial charge in [-0.05, 0) is 31.2 Å². The Morgan fingerprint density at radius 3 is 2.52 bits per heavy atom. The molecule has 0 aromatic heterocycles. The van der Waals surface area contributed by atoms with Crippen LogP contribution in [0.15, 0.2) is 35.3 Å². The van der Waals surface area contributed by atoms with E-state index in [1.54, 1.807) is 0 Å². The lowest BCUT2D eigenvalue weighted by molar-refractivity contribution is 0.0301. The molecule has 0 spiro atoms. The van der Waals surface area contributed by atoms with E-state index >= 15 is 0 Å². The van der Waals surface area contributed by atoms with Gasteiger partial charge in [0.15, 0.2) is 5.96 Å². The smallest absolute Gasteiger partial charge is 0.191 e. The molecule has 1 unspecified atom stereocenters. The van der Waals surface area contributed by atoms with Crippen LogP contribution in [0.5, 0.6) is 0 Å². The molecule has 1 aliphatic rings. The minimum absolute atomic E-state index is 0. The van der Waals surface area contributed by atoms with Crippen LogP contribution in [0.4, 0.5) is 0 Å². The maximum absolute atomic E-state index is 10.1. The van der Waals surface area contributed by atoms with E-state index in [-0.39, 0.29) is 24.0 Å². The largest absolute Gasteiger partial charge is 0.389 e. The number of nitrogens with one attached hydrogen (secondary N) is 2. The molecular weight excluding hydrogens is 479 g/mol. The Kier molecular flexibility index (Phi) is 13.5. The summed E-state index contributed by atoms with van der Waals surface area (Å²) in [4.78, 5) is 7.05. The topological polar surface area (TPSA) is 69.1 Å². The Balaban J connectivity index is 0.00000420. The number of rotatable bonds is 10. The zero-order chi connectivity index (χ0) is 20.2. The van der Waals surface area contributed by atoms with E-state index in [1.165, 1.54) is 5.56 Å². The SMILES string of the molecule is CCNC(=NCC(O)COCC(C)C)NC1CCN(Cc2ccccc2)CC1.I. The molecule has 1 fully saturated rings. The molecule has 1 aromatic rings. The predicted molar refractivity (Wildman–Crippen MR) is 131 cm³/mol.